The van der Waals surface area contributed by atoms with Gasteiger partial charge in [0.25, 0.3) is 0 Å². The minimum absolute atomic E-state index is 0.00530. The van der Waals surface area contributed by atoms with E-state index in [1.165, 1.54) is 18.3 Å². The molecule has 0 saturated carbocycles. The van der Waals surface area contributed by atoms with Crippen molar-refractivity contribution in [1.82, 2.24) is 0 Å². The van der Waals surface area contributed by atoms with Crippen molar-refractivity contribution in [3.8, 4) is 0 Å². The number of fused-ring (bicyclic) bond motifs is 1. The van der Waals surface area contributed by atoms with Crippen LogP contribution in [-0.2, 0) is 14.3 Å². The fourth-order valence-electron chi connectivity index (χ4n) is 3.63. The summed E-state index contributed by atoms with van der Waals surface area (Å²) in [5.41, 5.74) is 2.85. The Hall–Kier alpha value is -0.940. The van der Waals surface area contributed by atoms with Crippen LogP contribution < -0.4 is 0 Å². The predicted octanol–water partition coefficient (Wildman–Crippen LogP) is 3.76. The molecule has 5 heteroatoms. The van der Waals surface area contributed by atoms with Gasteiger partial charge in [-0.2, -0.15) is 0 Å². The number of carbonyl (C=O) groups excluding carboxylic acids is 2. The Kier molecular flexibility index (Phi) is 4.30. The van der Waals surface area contributed by atoms with E-state index in [-0.39, 0.29) is 21.2 Å². The molecule has 0 amide bonds. The normalized spacial score (nSPS) is 30.3. The van der Waals surface area contributed by atoms with E-state index in [1.807, 2.05) is 29.6 Å². The minimum atomic E-state index is -0.511. The summed E-state index contributed by atoms with van der Waals surface area (Å²) < 4.78 is 4.83. The van der Waals surface area contributed by atoms with Gasteiger partial charge in [-0.3, -0.25) is 9.59 Å². The molecule has 0 aromatic carbocycles. The fraction of sp³-hybridized carbons (Fsp3) is 0.556. The molecule has 2 atom stereocenters. The minimum Gasteiger partial charge on any atom is -0.469 e. The molecular formula is C18H22O3S2. The number of esters is 1. The number of rotatable bonds is 2. The van der Waals surface area contributed by atoms with E-state index in [4.69, 9.17) is 4.74 Å². The molecule has 3 rings (SSSR count). The number of hydrogen-bond acceptors (Lipinski definition) is 5. The summed E-state index contributed by atoms with van der Waals surface area (Å²) in [6.07, 6.45) is 6.88. The third-order valence-corrected chi connectivity index (χ3v) is 8.62. The van der Waals surface area contributed by atoms with E-state index in [1.54, 1.807) is 6.92 Å². The van der Waals surface area contributed by atoms with Crippen molar-refractivity contribution in [1.29, 1.82) is 0 Å². The van der Waals surface area contributed by atoms with E-state index in [2.05, 4.69) is 26.0 Å². The van der Waals surface area contributed by atoms with Crippen LogP contribution in [0.5, 0.6) is 0 Å². The smallest absolute Gasteiger partial charge is 0.312 e. The molecule has 124 valence electrons. The van der Waals surface area contributed by atoms with Gasteiger partial charge in [0, 0.05) is 28.9 Å². The quantitative estimate of drug-likeness (QED) is 0.560. The van der Waals surface area contributed by atoms with Gasteiger partial charge >= 0.3 is 5.97 Å². The fourth-order valence-corrected chi connectivity index (χ4v) is 6.72. The van der Waals surface area contributed by atoms with Gasteiger partial charge in [-0.15, -0.1) is 23.5 Å². The Morgan fingerprint density at radius 2 is 1.96 bits per heavy atom. The summed E-state index contributed by atoms with van der Waals surface area (Å²) >= 11 is 3.92. The Bertz CT molecular complexity index is 653. The highest BCUT2D eigenvalue weighted by Crippen LogP contribution is 2.57. The standard InChI is InChI=1S/C18H22O3S2/c1-11(16(20)21-4)13-9-14-12(2)18(22-7-8-23-18)6-5-17(14,3)10-15(13)19/h5-6,9,11H,7-8,10H2,1-4H3/t11-,17+/m0/s1. The first kappa shape index (κ1) is 16.9. The van der Waals surface area contributed by atoms with Gasteiger partial charge in [-0.05, 0) is 25.0 Å². The van der Waals surface area contributed by atoms with Crippen LogP contribution in [0.3, 0.4) is 0 Å². The van der Waals surface area contributed by atoms with Gasteiger partial charge in [0.2, 0.25) is 0 Å². The monoisotopic (exact) mass is 350 g/mol. The van der Waals surface area contributed by atoms with Crippen molar-refractivity contribution >= 4 is 35.3 Å². The molecule has 1 fully saturated rings. The lowest BCUT2D eigenvalue weighted by Crippen LogP contribution is -2.36. The van der Waals surface area contributed by atoms with Crippen molar-refractivity contribution in [2.45, 2.75) is 31.3 Å². The van der Waals surface area contributed by atoms with Gasteiger partial charge in [-0.25, -0.2) is 0 Å². The molecule has 23 heavy (non-hydrogen) atoms. The first-order valence-electron chi connectivity index (χ1n) is 7.86. The molecule has 0 N–H and O–H groups in total. The molecule has 0 aromatic rings. The average Bonchev–Trinajstić information content (AvgIpc) is 3.00. The van der Waals surface area contributed by atoms with Crippen LogP contribution >= 0.6 is 23.5 Å². The Balaban J connectivity index is 2.09. The lowest BCUT2D eigenvalue weighted by Gasteiger charge is -2.42. The predicted molar refractivity (Wildman–Crippen MR) is 96.5 cm³/mol. The van der Waals surface area contributed by atoms with Crippen LogP contribution in [0.15, 0.2) is 34.9 Å². The number of methoxy groups -OCH3 is 1. The Labute approximate surface area is 146 Å². The second kappa shape index (κ2) is 5.85. The van der Waals surface area contributed by atoms with Crippen LogP contribution in [0.1, 0.15) is 27.2 Å². The molecule has 1 heterocycles. The number of carbonyl (C=O) groups is 2. The second-order valence-corrected chi connectivity index (χ2v) is 9.54. The van der Waals surface area contributed by atoms with E-state index in [9.17, 15) is 9.59 Å². The second-order valence-electron chi connectivity index (χ2n) is 6.60. The molecule has 2 aliphatic carbocycles. The molecule has 0 bridgehead atoms. The highest BCUT2D eigenvalue weighted by Gasteiger charge is 2.46. The lowest BCUT2D eigenvalue weighted by molar-refractivity contribution is -0.144. The summed E-state index contributed by atoms with van der Waals surface area (Å²) in [6.45, 7) is 6.05. The number of hydrogen-bond donors (Lipinski definition) is 0. The summed E-state index contributed by atoms with van der Waals surface area (Å²) in [7, 11) is 1.37. The number of ether oxygens (including phenoxy) is 1. The third-order valence-electron chi connectivity index (χ3n) is 5.10. The largest absolute Gasteiger partial charge is 0.469 e. The van der Waals surface area contributed by atoms with E-state index in [0.717, 1.165) is 11.5 Å². The molecule has 1 saturated heterocycles. The van der Waals surface area contributed by atoms with Crippen molar-refractivity contribution < 1.29 is 14.3 Å². The van der Waals surface area contributed by atoms with Crippen LogP contribution in [0.2, 0.25) is 0 Å². The zero-order chi connectivity index (χ0) is 16.8. The highest BCUT2D eigenvalue weighted by atomic mass is 32.2. The molecule has 0 aromatic heterocycles. The highest BCUT2D eigenvalue weighted by molar-refractivity contribution is 8.21. The zero-order valence-corrected chi connectivity index (χ0v) is 15.6. The maximum atomic E-state index is 12.6. The summed E-state index contributed by atoms with van der Waals surface area (Å²) in [4.78, 5) is 24.5. The van der Waals surface area contributed by atoms with Gasteiger partial charge in [0.1, 0.15) is 4.08 Å². The zero-order valence-electron chi connectivity index (χ0n) is 14.0. The number of ketones is 1. The first-order valence-corrected chi connectivity index (χ1v) is 9.83. The van der Waals surface area contributed by atoms with E-state index >= 15 is 0 Å². The number of thioether (sulfide) groups is 2. The van der Waals surface area contributed by atoms with Crippen LogP contribution in [-0.4, -0.2) is 34.4 Å². The number of allylic oxidation sites excluding steroid dienone is 3. The van der Waals surface area contributed by atoms with Crippen LogP contribution in [0.4, 0.5) is 0 Å². The van der Waals surface area contributed by atoms with Crippen molar-refractivity contribution in [3.05, 3.63) is 34.9 Å². The molecule has 3 aliphatic rings. The number of Topliss-reactive ketones (excluding diaryl/α,β-unsaturated/α-hetero) is 1. The summed E-state index contributed by atoms with van der Waals surface area (Å²) in [6, 6.07) is 0. The van der Waals surface area contributed by atoms with Crippen molar-refractivity contribution in [2.75, 3.05) is 18.6 Å². The molecule has 0 radical (unpaired) electrons. The first-order chi connectivity index (χ1) is 10.8. The Morgan fingerprint density at radius 3 is 2.57 bits per heavy atom. The van der Waals surface area contributed by atoms with Crippen LogP contribution in [0.25, 0.3) is 0 Å². The van der Waals surface area contributed by atoms with Gasteiger partial charge in [0.15, 0.2) is 5.78 Å². The molecule has 1 spiro atoms. The Morgan fingerprint density at radius 1 is 1.30 bits per heavy atom. The average molecular weight is 351 g/mol. The molecule has 1 aliphatic heterocycles. The van der Waals surface area contributed by atoms with Gasteiger partial charge in [-0.1, -0.05) is 25.2 Å². The topological polar surface area (TPSA) is 43.4 Å². The van der Waals surface area contributed by atoms with E-state index in [0.29, 0.717) is 12.0 Å². The van der Waals surface area contributed by atoms with E-state index < -0.39 is 5.92 Å². The lowest BCUT2D eigenvalue weighted by atomic mass is 9.66. The third kappa shape index (κ3) is 2.62. The maximum absolute atomic E-state index is 12.6. The van der Waals surface area contributed by atoms with Gasteiger partial charge < -0.3 is 4.74 Å². The summed E-state index contributed by atoms with van der Waals surface area (Å²) in [5.74, 6) is 1.48. The molecule has 0 unspecified atom stereocenters. The van der Waals surface area contributed by atoms with Crippen molar-refractivity contribution in [2.24, 2.45) is 11.3 Å². The van der Waals surface area contributed by atoms with Crippen LogP contribution in [0, 0.1) is 11.3 Å². The van der Waals surface area contributed by atoms with Crippen molar-refractivity contribution in [3.63, 3.8) is 0 Å². The summed E-state index contributed by atoms with van der Waals surface area (Å²) in [5, 5.41) is 0. The maximum Gasteiger partial charge on any atom is 0.312 e. The molecular weight excluding hydrogens is 328 g/mol. The SMILES string of the molecule is COC(=O)[C@@H](C)C1=CC2=C(C)C3(C=C[C@]2(C)CC1=O)SCCS3. The van der Waals surface area contributed by atoms with Gasteiger partial charge in [0.05, 0.1) is 13.0 Å². The molecule has 3 nitrogen and oxygen atoms in total.